The standard InChI is InChI=1S/C16H28N4O2/c1-11(2)13(21-7)15(5,9-17)19-20-16(6,10-18)14(22-8)12(3)4/h11-14H,1-8H3. The second-order valence-corrected chi connectivity index (χ2v) is 6.52. The van der Waals surface area contributed by atoms with Gasteiger partial charge >= 0.3 is 0 Å². The summed E-state index contributed by atoms with van der Waals surface area (Å²) in [5.74, 6) is 0.176. The molecule has 6 heteroatoms. The van der Waals surface area contributed by atoms with Crippen molar-refractivity contribution in [3.8, 4) is 12.1 Å². The van der Waals surface area contributed by atoms with Gasteiger partial charge in [-0.15, -0.1) is 0 Å². The van der Waals surface area contributed by atoms with Gasteiger partial charge in [0.15, 0.2) is 11.1 Å². The van der Waals surface area contributed by atoms with Crippen LogP contribution in [0.3, 0.4) is 0 Å². The third-order valence-corrected chi connectivity index (χ3v) is 3.75. The molecule has 0 saturated heterocycles. The van der Waals surface area contributed by atoms with Gasteiger partial charge in [0.05, 0.1) is 24.3 Å². The molecule has 124 valence electrons. The predicted molar refractivity (Wildman–Crippen MR) is 84.2 cm³/mol. The molecule has 0 aromatic carbocycles. The first kappa shape index (κ1) is 20.5. The second kappa shape index (κ2) is 8.22. The van der Waals surface area contributed by atoms with Crippen LogP contribution in [0.15, 0.2) is 10.2 Å². The zero-order valence-corrected chi connectivity index (χ0v) is 14.9. The number of hydrogen-bond acceptors (Lipinski definition) is 6. The van der Waals surface area contributed by atoms with Crippen molar-refractivity contribution >= 4 is 0 Å². The molecule has 0 radical (unpaired) electrons. The first-order chi connectivity index (χ1) is 10.1. The maximum atomic E-state index is 9.51. The number of nitrogens with zero attached hydrogens (tertiary/aromatic N) is 4. The molecule has 0 saturated carbocycles. The van der Waals surface area contributed by atoms with Gasteiger partial charge in [0.25, 0.3) is 0 Å². The van der Waals surface area contributed by atoms with Crippen LogP contribution in [0.1, 0.15) is 41.5 Å². The topological polar surface area (TPSA) is 90.8 Å². The fraction of sp³-hybridized carbons (Fsp3) is 0.875. The van der Waals surface area contributed by atoms with Crippen molar-refractivity contribution in [1.82, 2.24) is 0 Å². The largest absolute Gasteiger partial charge is 0.377 e. The highest BCUT2D eigenvalue weighted by Crippen LogP contribution is 2.29. The number of azo groups is 1. The van der Waals surface area contributed by atoms with Gasteiger partial charge in [0, 0.05) is 14.2 Å². The fourth-order valence-corrected chi connectivity index (χ4v) is 2.79. The van der Waals surface area contributed by atoms with E-state index in [2.05, 4.69) is 22.4 Å². The van der Waals surface area contributed by atoms with Crippen molar-refractivity contribution in [2.75, 3.05) is 14.2 Å². The average Bonchev–Trinajstić information content (AvgIpc) is 2.45. The second-order valence-electron chi connectivity index (χ2n) is 6.52. The molecule has 0 fully saturated rings. The molecule has 0 aromatic heterocycles. The van der Waals surface area contributed by atoms with Crippen LogP contribution < -0.4 is 0 Å². The van der Waals surface area contributed by atoms with Gasteiger partial charge in [-0.25, -0.2) is 0 Å². The molecule has 0 heterocycles. The first-order valence-corrected chi connectivity index (χ1v) is 7.44. The Balaban J connectivity index is 5.68. The number of hydrogen-bond donors (Lipinski definition) is 0. The van der Waals surface area contributed by atoms with Gasteiger partial charge in [-0.1, -0.05) is 27.7 Å². The molecule has 4 atom stereocenters. The maximum Gasteiger partial charge on any atom is 0.190 e. The molecule has 0 spiro atoms. The third kappa shape index (κ3) is 4.50. The minimum absolute atomic E-state index is 0.0882. The summed E-state index contributed by atoms with van der Waals surface area (Å²) in [4.78, 5) is 0. The normalized spacial score (nSPS) is 20.2. The molecule has 22 heavy (non-hydrogen) atoms. The SMILES string of the molecule is COC(C(C)C)C(C)(C#N)N=NC(C)(C#N)C(OC)C(C)C. The van der Waals surface area contributed by atoms with Crippen LogP contribution in [0.4, 0.5) is 0 Å². The van der Waals surface area contributed by atoms with E-state index >= 15 is 0 Å². The Hall–Kier alpha value is -1.50. The molecule has 0 aliphatic rings. The van der Waals surface area contributed by atoms with Crippen LogP contribution in [0.2, 0.25) is 0 Å². The summed E-state index contributed by atoms with van der Waals surface area (Å²) in [6, 6.07) is 4.32. The van der Waals surface area contributed by atoms with Crippen molar-refractivity contribution < 1.29 is 9.47 Å². The number of rotatable bonds is 8. The Morgan fingerprint density at radius 1 is 0.773 bits per heavy atom. The van der Waals surface area contributed by atoms with Crippen molar-refractivity contribution in [3.05, 3.63) is 0 Å². The van der Waals surface area contributed by atoms with E-state index in [9.17, 15) is 10.5 Å². The minimum atomic E-state index is -1.16. The molecule has 0 aliphatic heterocycles. The quantitative estimate of drug-likeness (QED) is 0.643. The molecule has 4 unspecified atom stereocenters. The van der Waals surface area contributed by atoms with Gasteiger partial charge in [-0.3, -0.25) is 0 Å². The molecule has 0 aliphatic carbocycles. The summed E-state index contributed by atoms with van der Waals surface area (Å²) in [5.41, 5.74) is -2.31. The molecule has 0 aromatic rings. The molecule has 0 amide bonds. The summed E-state index contributed by atoms with van der Waals surface area (Å²) >= 11 is 0. The molecular formula is C16H28N4O2. The summed E-state index contributed by atoms with van der Waals surface area (Å²) in [6.45, 7) is 11.1. The van der Waals surface area contributed by atoms with Crippen LogP contribution in [-0.2, 0) is 9.47 Å². The summed E-state index contributed by atoms with van der Waals surface area (Å²) in [5, 5.41) is 27.4. The molecule has 0 bridgehead atoms. The predicted octanol–water partition coefficient (Wildman–Crippen LogP) is 3.35. The summed E-state index contributed by atoms with van der Waals surface area (Å²) in [6.07, 6.45) is -0.825. The Bertz CT molecular complexity index is 422. The Kier molecular flexibility index (Phi) is 7.66. The summed E-state index contributed by atoms with van der Waals surface area (Å²) in [7, 11) is 3.09. The number of methoxy groups -OCH3 is 2. The van der Waals surface area contributed by atoms with Crippen molar-refractivity contribution in [1.29, 1.82) is 10.5 Å². The van der Waals surface area contributed by atoms with Crippen molar-refractivity contribution in [2.24, 2.45) is 22.1 Å². The minimum Gasteiger partial charge on any atom is -0.377 e. The van der Waals surface area contributed by atoms with E-state index in [4.69, 9.17) is 9.47 Å². The molecular weight excluding hydrogens is 280 g/mol. The molecule has 0 rings (SSSR count). The van der Waals surface area contributed by atoms with Gasteiger partial charge in [-0.2, -0.15) is 20.8 Å². The van der Waals surface area contributed by atoms with Gasteiger partial charge in [0.2, 0.25) is 0 Å². The zero-order chi connectivity index (χ0) is 17.6. The lowest BCUT2D eigenvalue weighted by Crippen LogP contribution is -2.44. The third-order valence-electron chi connectivity index (χ3n) is 3.75. The fourth-order valence-electron chi connectivity index (χ4n) is 2.79. The van der Waals surface area contributed by atoms with E-state index in [1.54, 1.807) is 28.1 Å². The van der Waals surface area contributed by atoms with Crippen LogP contribution >= 0.6 is 0 Å². The van der Waals surface area contributed by atoms with E-state index < -0.39 is 23.3 Å². The smallest absolute Gasteiger partial charge is 0.190 e. The van der Waals surface area contributed by atoms with E-state index in [1.807, 2.05) is 27.7 Å². The Morgan fingerprint density at radius 3 is 1.18 bits per heavy atom. The highest BCUT2D eigenvalue weighted by molar-refractivity contribution is 5.13. The van der Waals surface area contributed by atoms with Crippen molar-refractivity contribution in [3.63, 3.8) is 0 Å². The Morgan fingerprint density at radius 2 is 1.05 bits per heavy atom. The number of nitriles is 2. The van der Waals surface area contributed by atoms with E-state index in [0.29, 0.717) is 0 Å². The maximum absolute atomic E-state index is 9.51. The zero-order valence-electron chi connectivity index (χ0n) is 14.9. The van der Waals surface area contributed by atoms with E-state index in [-0.39, 0.29) is 11.8 Å². The monoisotopic (exact) mass is 308 g/mol. The first-order valence-electron chi connectivity index (χ1n) is 7.44. The molecule has 0 N–H and O–H groups in total. The van der Waals surface area contributed by atoms with Crippen LogP contribution in [0.5, 0.6) is 0 Å². The van der Waals surface area contributed by atoms with Gasteiger partial charge in [0.1, 0.15) is 0 Å². The summed E-state index contributed by atoms with van der Waals surface area (Å²) < 4.78 is 10.8. The van der Waals surface area contributed by atoms with Crippen molar-refractivity contribution in [2.45, 2.75) is 64.8 Å². The van der Waals surface area contributed by atoms with Gasteiger partial charge < -0.3 is 9.47 Å². The number of ether oxygens (including phenoxy) is 2. The lowest BCUT2D eigenvalue weighted by atomic mass is 9.88. The van der Waals surface area contributed by atoms with E-state index in [0.717, 1.165) is 0 Å². The van der Waals surface area contributed by atoms with Crippen LogP contribution in [0.25, 0.3) is 0 Å². The molecule has 6 nitrogen and oxygen atoms in total. The average molecular weight is 308 g/mol. The van der Waals surface area contributed by atoms with Crippen LogP contribution in [0, 0.1) is 34.5 Å². The lowest BCUT2D eigenvalue weighted by molar-refractivity contribution is 0.0139. The highest BCUT2D eigenvalue weighted by Gasteiger charge is 2.41. The van der Waals surface area contributed by atoms with E-state index in [1.165, 1.54) is 0 Å². The van der Waals surface area contributed by atoms with Crippen LogP contribution in [-0.4, -0.2) is 37.5 Å². The van der Waals surface area contributed by atoms with Gasteiger partial charge in [-0.05, 0) is 25.7 Å². The highest BCUT2D eigenvalue weighted by atomic mass is 16.5. The lowest BCUT2D eigenvalue weighted by Gasteiger charge is -2.32. The Labute approximate surface area is 134 Å².